The number of aromatic nitrogens is 2. The van der Waals surface area contributed by atoms with Crippen molar-refractivity contribution >= 4 is 5.97 Å². The third kappa shape index (κ3) is 2.43. The first-order valence-electron chi connectivity index (χ1n) is 5.58. The summed E-state index contributed by atoms with van der Waals surface area (Å²) in [5.41, 5.74) is 1.44. The van der Waals surface area contributed by atoms with Gasteiger partial charge in [0, 0.05) is 30.9 Å². The number of nitrogens with one attached hydrogen (secondary N) is 1. The summed E-state index contributed by atoms with van der Waals surface area (Å²) in [5, 5.41) is 15.6. The number of ether oxygens (including phenoxy) is 1. The first-order chi connectivity index (χ1) is 8.76. The fraction of sp³-hybridized carbons (Fsp3) is 0.333. The Balaban J connectivity index is 2.36. The molecule has 0 bridgehead atoms. The molecule has 2 aromatic rings. The number of hydrogen-bond acceptors (Lipinski definition) is 5. The Kier molecular flexibility index (Phi) is 3.78. The average molecular weight is 250 g/mol. The van der Waals surface area contributed by atoms with Crippen LogP contribution >= 0.6 is 0 Å². The summed E-state index contributed by atoms with van der Waals surface area (Å²) < 4.78 is 10.1. The fourth-order valence-electron chi connectivity index (χ4n) is 1.68. The number of nitrogens with zero attached hydrogens (tertiary/aromatic N) is 1. The molecule has 0 amide bonds. The van der Waals surface area contributed by atoms with Gasteiger partial charge in [-0.25, -0.2) is 4.79 Å². The third-order valence-corrected chi connectivity index (χ3v) is 2.53. The Morgan fingerprint density at radius 3 is 3.06 bits per heavy atom. The smallest absolute Gasteiger partial charge is 0.373 e. The lowest BCUT2D eigenvalue weighted by Gasteiger charge is -1.97. The van der Waals surface area contributed by atoms with Crippen LogP contribution < -0.4 is 0 Å². The van der Waals surface area contributed by atoms with Gasteiger partial charge < -0.3 is 14.3 Å². The first kappa shape index (κ1) is 12.4. The maximum Gasteiger partial charge on any atom is 0.373 e. The quantitative estimate of drug-likeness (QED) is 0.783. The molecule has 0 spiro atoms. The van der Waals surface area contributed by atoms with Gasteiger partial charge in [-0.05, 0) is 12.5 Å². The van der Waals surface area contributed by atoms with Crippen molar-refractivity contribution in [3.8, 4) is 11.3 Å². The molecule has 0 aliphatic rings. The van der Waals surface area contributed by atoms with Crippen molar-refractivity contribution < 1.29 is 19.1 Å². The Labute approximate surface area is 104 Å². The zero-order valence-corrected chi connectivity index (χ0v) is 9.97. The number of aromatic amines is 1. The summed E-state index contributed by atoms with van der Waals surface area (Å²) >= 11 is 0. The molecule has 2 heterocycles. The van der Waals surface area contributed by atoms with Gasteiger partial charge in [0.05, 0.1) is 12.8 Å². The average Bonchev–Trinajstić information content (AvgIpc) is 3.03. The van der Waals surface area contributed by atoms with E-state index in [0.29, 0.717) is 24.3 Å². The van der Waals surface area contributed by atoms with Gasteiger partial charge in [0.15, 0.2) is 0 Å². The summed E-state index contributed by atoms with van der Waals surface area (Å²) in [6.45, 7) is 0.0638. The van der Waals surface area contributed by atoms with Gasteiger partial charge in [0.2, 0.25) is 5.76 Å². The Morgan fingerprint density at radius 2 is 2.44 bits per heavy atom. The van der Waals surface area contributed by atoms with Crippen molar-refractivity contribution in [2.45, 2.75) is 12.8 Å². The van der Waals surface area contributed by atoms with Gasteiger partial charge in [-0.15, -0.1) is 0 Å². The zero-order valence-electron chi connectivity index (χ0n) is 9.97. The largest absolute Gasteiger partial charge is 0.463 e. The van der Waals surface area contributed by atoms with Crippen molar-refractivity contribution in [1.82, 2.24) is 10.2 Å². The van der Waals surface area contributed by atoms with Crippen LogP contribution in [0.25, 0.3) is 11.3 Å². The highest BCUT2D eigenvalue weighted by Gasteiger charge is 2.18. The predicted molar refractivity (Wildman–Crippen MR) is 63.0 cm³/mol. The number of methoxy groups -OCH3 is 1. The fourth-order valence-corrected chi connectivity index (χ4v) is 1.68. The number of esters is 1. The molecule has 2 rings (SSSR count). The number of aryl methyl sites for hydroxylation is 1. The summed E-state index contributed by atoms with van der Waals surface area (Å²) in [6, 6.07) is 3.39. The van der Waals surface area contributed by atoms with Gasteiger partial charge in [-0.2, -0.15) is 5.10 Å². The van der Waals surface area contributed by atoms with Crippen molar-refractivity contribution in [1.29, 1.82) is 0 Å². The molecule has 18 heavy (non-hydrogen) atoms. The normalized spacial score (nSPS) is 10.6. The van der Waals surface area contributed by atoms with Gasteiger partial charge in [-0.3, -0.25) is 5.10 Å². The molecule has 0 aromatic carbocycles. The molecule has 0 aliphatic carbocycles. The van der Waals surface area contributed by atoms with Crippen molar-refractivity contribution in [3.05, 3.63) is 29.9 Å². The molecule has 6 nitrogen and oxygen atoms in total. The predicted octanol–water partition coefficient (Wildman–Crippen LogP) is 1.38. The molecule has 0 unspecified atom stereocenters. The molecular weight excluding hydrogens is 236 g/mol. The van der Waals surface area contributed by atoms with Crippen LogP contribution in [0.5, 0.6) is 0 Å². The van der Waals surface area contributed by atoms with Crippen LogP contribution in [0.2, 0.25) is 0 Å². The minimum absolute atomic E-state index is 0.0638. The molecule has 96 valence electrons. The van der Waals surface area contributed by atoms with E-state index in [-0.39, 0.29) is 12.4 Å². The molecule has 0 saturated carbocycles. The highest BCUT2D eigenvalue weighted by atomic mass is 16.5. The van der Waals surface area contributed by atoms with E-state index >= 15 is 0 Å². The lowest BCUT2D eigenvalue weighted by Crippen LogP contribution is -1.98. The Hall–Kier alpha value is -2.08. The van der Waals surface area contributed by atoms with Crippen LogP contribution in [0.1, 0.15) is 22.7 Å². The molecule has 0 radical (unpaired) electrons. The van der Waals surface area contributed by atoms with Gasteiger partial charge in [0.25, 0.3) is 0 Å². The second-order valence-corrected chi connectivity index (χ2v) is 3.73. The minimum Gasteiger partial charge on any atom is -0.463 e. The number of furan rings is 1. The van der Waals surface area contributed by atoms with Crippen molar-refractivity contribution in [2.24, 2.45) is 0 Å². The maximum absolute atomic E-state index is 11.4. The number of carbonyl (C=O) groups excluding carboxylic acids is 1. The molecule has 0 atom stereocenters. The van der Waals surface area contributed by atoms with Crippen LogP contribution in [0, 0.1) is 0 Å². The summed E-state index contributed by atoms with van der Waals surface area (Å²) in [7, 11) is 1.30. The number of H-pyrrole nitrogens is 1. The number of aliphatic hydroxyl groups excluding tert-OH is 1. The van der Waals surface area contributed by atoms with Crippen LogP contribution in [0.3, 0.4) is 0 Å². The van der Waals surface area contributed by atoms with E-state index < -0.39 is 5.97 Å². The van der Waals surface area contributed by atoms with Crippen LogP contribution in [-0.2, 0) is 11.2 Å². The number of aliphatic hydroxyl groups is 1. The summed E-state index contributed by atoms with van der Waals surface area (Å²) in [6.07, 6.45) is 2.79. The van der Waals surface area contributed by atoms with E-state index in [4.69, 9.17) is 9.52 Å². The molecule has 6 heteroatoms. The SMILES string of the molecule is COC(=O)c1cc(-c2cc[nH]n2)c(CCCO)o1. The second kappa shape index (κ2) is 5.50. The van der Waals surface area contributed by atoms with Crippen molar-refractivity contribution in [2.75, 3.05) is 13.7 Å². The zero-order chi connectivity index (χ0) is 13.0. The highest BCUT2D eigenvalue weighted by molar-refractivity contribution is 5.88. The number of hydrogen-bond donors (Lipinski definition) is 2. The Morgan fingerprint density at radius 1 is 1.61 bits per heavy atom. The molecule has 0 saturated heterocycles. The number of carbonyl (C=O) groups is 1. The van der Waals surface area contributed by atoms with Gasteiger partial charge >= 0.3 is 5.97 Å². The monoisotopic (exact) mass is 250 g/mol. The highest BCUT2D eigenvalue weighted by Crippen LogP contribution is 2.27. The molecule has 0 aliphatic heterocycles. The summed E-state index contributed by atoms with van der Waals surface area (Å²) in [5.74, 6) is 0.238. The first-order valence-corrected chi connectivity index (χ1v) is 5.58. The standard InChI is InChI=1S/C12H14N2O4/c1-17-12(16)11-7-8(9-4-5-13-14-9)10(18-11)3-2-6-15/h4-5,7,15H,2-3,6H2,1H3,(H,13,14). The third-order valence-electron chi connectivity index (χ3n) is 2.53. The van der Waals surface area contributed by atoms with Crippen molar-refractivity contribution in [3.63, 3.8) is 0 Å². The van der Waals surface area contributed by atoms with Crippen LogP contribution in [0.15, 0.2) is 22.7 Å². The van der Waals surface area contributed by atoms with Crippen LogP contribution in [-0.4, -0.2) is 35.0 Å². The molecule has 0 fully saturated rings. The Bertz CT molecular complexity index is 516. The number of rotatable bonds is 5. The van der Waals surface area contributed by atoms with E-state index in [1.165, 1.54) is 7.11 Å². The van der Waals surface area contributed by atoms with Gasteiger partial charge in [-0.1, -0.05) is 0 Å². The lowest BCUT2D eigenvalue weighted by atomic mass is 10.1. The van der Waals surface area contributed by atoms with E-state index in [0.717, 1.165) is 5.56 Å². The second-order valence-electron chi connectivity index (χ2n) is 3.73. The maximum atomic E-state index is 11.4. The van der Waals surface area contributed by atoms with E-state index in [2.05, 4.69) is 14.9 Å². The van der Waals surface area contributed by atoms with E-state index in [9.17, 15) is 4.79 Å². The van der Waals surface area contributed by atoms with E-state index in [1.807, 2.05) is 0 Å². The van der Waals surface area contributed by atoms with Gasteiger partial charge in [0.1, 0.15) is 5.76 Å². The molecular formula is C12H14N2O4. The summed E-state index contributed by atoms with van der Waals surface area (Å²) in [4.78, 5) is 11.4. The topological polar surface area (TPSA) is 88.4 Å². The lowest BCUT2D eigenvalue weighted by molar-refractivity contribution is 0.0563. The minimum atomic E-state index is -0.526. The van der Waals surface area contributed by atoms with Crippen LogP contribution in [0.4, 0.5) is 0 Å². The van der Waals surface area contributed by atoms with E-state index in [1.54, 1.807) is 18.3 Å². The molecule has 2 aromatic heterocycles. The molecule has 2 N–H and O–H groups in total.